The van der Waals surface area contributed by atoms with E-state index in [1.807, 2.05) is 0 Å². The first-order chi connectivity index (χ1) is 7.29. The number of hydrogen-bond donors (Lipinski definition) is 3. The molecule has 1 unspecified atom stereocenters. The van der Waals surface area contributed by atoms with Gasteiger partial charge in [-0.25, -0.2) is 0 Å². The molecule has 3 N–H and O–H groups in total. The average molecular weight is 212 g/mol. The topological polar surface area (TPSA) is 44.3 Å². The third-order valence-electron chi connectivity index (χ3n) is 3.77. The summed E-state index contributed by atoms with van der Waals surface area (Å²) in [5.74, 6) is 0. The summed E-state index contributed by atoms with van der Waals surface area (Å²) in [4.78, 5) is 0. The smallest absolute Gasteiger partial charge is 0.0895 e. The highest BCUT2D eigenvalue weighted by atomic mass is 16.3. The fourth-order valence-electron chi connectivity index (χ4n) is 2.74. The molecule has 1 saturated heterocycles. The van der Waals surface area contributed by atoms with E-state index >= 15 is 0 Å². The van der Waals surface area contributed by atoms with Gasteiger partial charge in [-0.15, -0.1) is 0 Å². The Morgan fingerprint density at radius 1 is 1.20 bits per heavy atom. The molecule has 0 aromatic heterocycles. The maximum absolute atomic E-state index is 10.3. The number of aliphatic hydroxyl groups is 1. The lowest BCUT2D eigenvalue weighted by molar-refractivity contribution is 0.0137. The summed E-state index contributed by atoms with van der Waals surface area (Å²) in [6.07, 6.45) is 8.74. The minimum Gasteiger partial charge on any atom is -0.387 e. The van der Waals surface area contributed by atoms with Gasteiger partial charge in [0.2, 0.25) is 0 Å². The van der Waals surface area contributed by atoms with Gasteiger partial charge in [0.25, 0.3) is 0 Å². The van der Waals surface area contributed by atoms with Gasteiger partial charge in [0, 0.05) is 19.1 Å². The van der Waals surface area contributed by atoms with Gasteiger partial charge in [-0.2, -0.15) is 0 Å². The molecule has 2 fully saturated rings. The van der Waals surface area contributed by atoms with Crippen molar-refractivity contribution in [3.8, 4) is 0 Å². The van der Waals surface area contributed by atoms with Crippen LogP contribution in [0.3, 0.4) is 0 Å². The van der Waals surface area contributed by atoms with Crippen molar-refractivity contribution in [3.05, 3.63) is 0 Å². The Kier molecular flexibility index (Phi) is 4.00. The van der Waals surface area contributed by atoms with Crippen LogP contribution in [0.4, 0.5) is 0 Å². The quantitative estimate of drug-likeness (QED) is 0.654. The van der Waals surface area contributed by atoms with E-state index in [4.69, 9.17) is 0 Å². The van der Waals surface area contributed by atoms with Crippen LogP contribution in [0.25, 0.3) is 0 Å². The van der Waals surface area contributed by atoms with Gasteiger partial charge in [-0.1, -0.05) is 19.3 Å². The summed E-state index contributed by atoms with van der Waals surface area (Å²) in [6, 6.07) is 0.657. The van der Waals surface area contributed by atoms with Gasteiger partial charge in [-0.05, 0) is 32.2 Å². The molecule has 0 amide bonds. The van der Waals surface area contributed by atoms with Crippen molar-refractivity contribution in [1.29, 1.82) is 0 Å². The van der Waals surface area contributed by atoms with Crippen LogP contribution in [0.2, 0.25) is 0 Å². The molecular weight excluding hydrogens is 188 g/mol. The predicted octanol–water partition coefficient (Wildman–Crippen LogP) is 1.02. The summed E-state index contributed by atoms with van der Waals surface area (Å²) in [5.41, 5.74) is -0.490. The number of β-amino-alcohol motifs (C(OH)–C–C–N with tert-alkyl or cyclic N) is 1. The van der Waals surface area contributed by atoms with Crippen molar-refractivity contribution in [1.82, 2.24) is 10.6 Å². The fraction of sp³-hybridized carbons (Fsp3) is 1.00. The number of nitrogens with one attached hydrogen (secondary N) is 2. The Bertz CT molecular complexity index is 184. The predicted molar refractivity (Wildman–Crippen MR) is 61.9 cm³/mol. The van der Waals surface area contributed by atoms with Crippen LogP contribution >= 0.6 is 0 Å². The maximum Gasteiger partial charge on any atom is 0.0895 e. The van der Waals surface area contributed by atoms with Gasteiger partial charge in [0.1, 0.15) is 0 Å². The Balaban J connectivity index is 1.70. The SMILES string of the molecule is OC1(CNC2CCCCC2)CCCNC1. The Morgan fingerprint density at radius 3 is 2.67 bits per heavy atom. The van der Waals surface area contributed by atoms with Crippen LogP contribution in [0.5, 0.6) is 0 Å². The highest BCUT2D eigenvalue weighted by molar-refractivity contribution is 4.88. The maximum atomic E-state index is 10.3. The molecule has 15 heavy (non-hydrogen) atoms. The Morgan fingerprint density at radius 2 is 2.00 bits per heavy atom. The molecule has 0 radical (unpaired) electrons. The summed E-state index contributed by atoms with van der Waals surface area (Å²) >= 11 is 0. The lowest BCUT2D eigenvalue weighted by Crippen LogP contribution is -2.53. The first-order valence-electron chi connectivity index (χ1n) is 6.45. The largest absolute Gasteiger partial charge is 0.387 e. The van der Waals surface area contributed by atoms with Crippen LogP contribution in [-0.4, -0.2) is 36.4 Å². The summed E-state index contributed by atoms with van der Waals surface area (Å²) < 4.78 is 0. The van der Waals surface area contributed by atoms with E-state index in [9.17, 15) is 5.11 Å². The molecule has 1 aliphatic carbocycles. The molecule has 88 valence electrons. The van der Waals surface area contributed by atoms with Crippen molar-refractivity contribution >= 4 is 0 Å². The van der Waals surface area contributed by atoms with E-state index in [1.54, 1.807) is 0 Å². The lowest BCUT2D eigenvalue weighted by atomic mass is 9.91. The van der Waals surface area contributed by atoms with Crippen LogP contribution < -0.4 is 10.6 Å². The first kappa shape index (κ1) is 11.4. The van der Waals surface area contributed by atoms with Crippen LogP contribution in [0, 0.1) is 0 Å². The number of hydrogen-bond acceptors (Lipinski definition) is 3. The molecular formula is C12H24N2O. The van der Waals surface area contributed by atoms with E-state index in [2.05, 4.69) is 10.6 Å². The molecule has 1 atom stereocenters. The van der Waals surface area contributed by atoms with Crippen LogP contribution in [0.15, 0.2) is 0 Å². The average Bonchev–Trinajstić information content (AvgIpc) is 2.29. The first-order valence-corrected chi connectivity index (χ1v) is 6.45. The van der Waals surface area contributed by atoms with Crippen molar-refractivity contribution in [2.45, 2.75) is 56.6 Å². The fourth-order valence-corrected chi connectivity index (χ4v) is 2.74. The summed E-state index contributed by atoms with van der Waals surface area (Å²) in [7, 11) is 0. The Hall–Kier alpha value is -0.120. The highest BCUT2D eigenvalue weighted by Crippen LogP contribution is 2.19. The van der Waals surface area contributed by atoms with E-state index in [0.29, 0.717) is 6.04 Å². The Labute approximate surface area is 92.6 Å². The van der Waals surface area contributed by atoms with Gasteiger partial charge in [0.15, 0.2) is 0 Å². The zero-order chi connectivity index (χ0) is 10.6. The van der Waals surface area contributed by atoms with E-state index < -0.39 is 5.60 Å². The molecule has 0 bridgehead atoms. The third kappa shape index (κ3) is 3.44. The second-order valence-corrected chi connectivity index (χ2v) is 5.22. The van der Waals surface area contributed by atoms with Crippen molar-refractivity contribution in [2.24, 2.45) is 0 Å². The van der Waals surface area contributed by atoms with Gasteiger partial charge < -0.3 is 15.7 Å². The summed E-state index contributed by atoms with van der Waals surface area (Å²) in [5, 5.41) is 17.1. The second kappa shape index (κ2) is 5.28. The molecule has 0 aromatic carbocycles. The lowest BCUT2D eigenvalue weighted by Gasteiger charge is -2.35. The molecule has 0 spiro atoms. The summed E-state index contributed by atoms with van der Waals surface area (Å²) in [6.45, 7) is 2.59. The molecule has 3 nitrogen and oxygen atoms in total. The zero-order valence-electron chi connectivity index (χ0n) is 9.60. The van der Waals surface area contributed by atoms with Gasteiger partial charge in [-0.3, -0.25) is 0 Å². The van der Waals surface area contributed by atoms with Crippen LogP contribution in [-0.2, 0) is 0 Å². The van der Waals surface area contributed by atoms with Gasteiger partial charge >= 0.3 is 0 Å². The molecule has 1 saturated carbocycles. The normalized spacial score (nSPS) is 34.2. The molecule has 2 aliphatic rings. The van der Waals surface area contributed by atoms with Crippen molar-refractivity contribution < 1.29 is 5.11 Å². The molecule has 0 aromatic rings. The third-order valence-corrected chi connectivity index (χ3v) is 3.77. The van der Waals surface area contributed by atoms with Gasteiger partial charge in [0.05, 0.1) is 5.60 Å². The zero-order valence-corrected chi connectivity index (χ0v) is 9.60. The monoisotopic (exact) mass is 212 g/mol. The van der Waals surface area contributed by atoms with Crippen molar-refractivity contribution in [3.63, 3.8) is 0 Å². The van der Waals surface area contributed by atoms with E-state index in [0.717, 1.165) is 32.5 Å². The van der Waals surface area contributed by atoms with Crippen molar-refractivity contribution in [2.75, 3.05) is 19.6 Å². The molecule has 2 rings (SSSR count). The number of rotatable bonds is 3. The minimum absolute atomic E-state index is 0.490. The number of piperidine rings is 1. The van der Waals surface area contributed by atoms with Crippen LogP contribution in [0.1, 0.15) is 44.9 Å². The molecule has 3 heteroatoms. The standard InChI is InChI=1S/C12H24N2O/c15-12(7-4-8-13-9-12)10-14-11-5-2-1-3-6-11/h11,13-15H,1-10H2. The molecule has 1 aliphatic heterocycles. The van der Waals surface area contributed by atoms with E-state index in [-0.39, 0.29) is 0 Å². The molecule has 1 heterocycles. The highest BCUT2D eigenvalue weighted by Gasteiger charge is 2.29. The minimum atomic E-state index is -0.490. The second-order valence-electron chi connectivity index (χ2n) is 5.22. The van der Waals surface area contributed by atoms with E-state index in [1.165, 1.54) is 32.1 Å².